The molecule has 0 aliphatic heterocycles. The summed E-state index contributed by atoms with van der Waals surface area (Å²) in [5.74, 6) is -68.8. The highest BCUT2D eigenvalue weighted by molar-refractivity contribution is 5.84. The van der Waals surface area contributed by atoms with E-state index in [0.29, 0.717) is 0 Å². The van der Waals surface area contributed by atoms with Crippen molar-refractivity contribution in [2.45, 2.75) is 12.4 Å². The van der Waals surface area contributed by atoms with Crippen molar-refractivity contribution >= 4 is 11.1 Å². The molecule has 0 aromatic heterocycles. The smallest absolute Gasteiger partial charge is 0.203 e. The molecule has 0 N–H and O–H groups in total. The summed E-state index contributed by atoms with van der Waals surface area (Å²) < 4.78 is 382. The summed E-state index contributed by atoms with van der Waals surface area (Å²) in [5, 5.41) is -6.15. The van der Waals surface area contributed by atoms with E-state index in [0.717, 1.165) is 0 Å². The van der Waals surface area contributed by atoms with E-state index in [9.17, 15) is 79.0 Å². The monoisotopic (exact) mass is 904 g/mol. The highest BCUT2D eigenvalue weighted by atomic mass is 19.4. The largest absolute Gasteiger partial charge is 0.417 e. The molecule has 0 saturated carbocycles. The van der Waals surface area contributed by atoms with Gasteiger partial charge in [-0.3, -0.25) is 0 Å². The van der Waals surface area contributed by atoms with E-state index in [4.69, 9.17) is 0 Å². The molecule has 0 amide bonds. The molecular formula is C34H2F26. The van der Waals surface area contributed by atoms with Gasteiger partial charge >= 0.3 is 12.4 Å². The van der Waals surface area contributed by atoms with Gasteiger partial charge in [-0.05, 0) is 33.7 Å². The Morgan fingerprint density at radius 3 is 0.600 bits per heavy atom. The molecule has 60 heavy (non-hydrogen) atoms. The maximum absolute atomic E-state index is 15.4. The second-order valence-electron chi connectivity index (χ2n) is 11.5. The topological polar surface area (TPSA) is 0 Å². The highest BCUT2D eigenvalue weighted by Gasteiger charge is 2.45. The van der Waals surface area contributed by atoms with Crippen molar-refractivity contribution in [1.82, 2.24) is 0 Å². The van der Waals surface area contributed by atoms with Crippen LogP contribution in [0, 0.1) is 116 Å². The Morgan fingerprint density at radius 2 is 0.417 bits per heavy atom. The van der Waals surface area contributed by atoms with E-state index in [1.54, 1.807) is 0 Å². The van der Waals surface area contributed by atoms with Crippen molar-refractivity contribution in [3.63, 3.8) is 0 Å². The van der Waals surface area contributed by atoms with Gasteiger partial charge in [-0.2, -0.15) is 26.3 Å². The van der Waals surface area contributed by atoms with Crippen LogP contribution in [0.15, 0.2) is 12.1 Å². The summed E-state index contributed by atoms with van der Waals surface area (Å²) >= 11 is 0. The SMILES string of the molecule is Fc1c(F)c(F)c(/C(=c2\cc(-c3c(F)c(F)c(F)c(F)c3F)/c(=C(/c3c(F)c(F)c(F)c(F)c3F)C(F)(F)F)cc2-c2c(F)c(F)c(F)c(F)c2F)C(F)(F)F)c(F)c1F. The molecule has 0 radical (unpaired) electrons. The maximum atomic E-state index is 15.4. The van der Waals surface area contributed by atoms with Gasteiger partial charge in [0.05, 0.1) is 33.4 Å². The van der Waals surface area contributed by atoms with Crippen molar-refractivity contribution in [1.29, 1.82) is 0 Å². The number of alkyl halides is 6. The van der Waals surface area contributed by atoms with Gasteiger partial charge in [-0.25, -0.2) is 87.8 Å². The fourth-order valence-electron chi connectivity index (χ4n) is 5.62. The number of rotatable bonds is 4. The zero-order valence-corrected chi connectivity index (χ0v) is 27.0. The summed E-state index contributed by atoms with van der Waals surface area (Å²) in [6, 6.07) is -2.64. The molecule has 0 heterocycles. The third-order valence-corrected chi connectivity index (χ3v) is 8.14. The zero-order valence-electron chi connectivity index (χ0n) is 27.0. The lowest BCUT2D eigenvalue weighted by Crippen LogP contribution is -2.31. The Labute approximate surface area is 310 Å². The second-order valence-corrected chi connectivity index (χ2v) is 11.5. The minimum Gasteiger partial charge on any atom is -0.203 e. The molecule has 320 valence electrons. The van der Waals surface area contributed by atoms with Crippen molar-refractivity contribution in [2.75, 3.05) is 0 Å². The minimum atomic E-state index is -7.00. The Balaban J connectivity index is 2.43. The first-order valence-corrected chi connectivity index (χ1v) is 14.6. The van der Waals surface area contributed by atoms with Gasteiger partial charge in [0.1, 0.15) is 0 Å². The minimum absolute atomic E-state index is 1.32. The maximum Gasteiger partial charge on any atom is 0.417 e. The fourth-order valence-corrected chi connectivity index (χ4v) is 5.62. The van der Waals surface area contributed by atoms with Gasteiger partial charge < -0.3 is 0 Å². The van der Waals surface area contributed by atoms with Gasteiger partial charge in [0.15, 0.2) is 93.1 Å². The molecule has 0 atom stereocenters. The number of halogens is 26. The average Bonchev–Trinajstić information content (AvgIpc) is 3.17. The molecule has 26 heteroatoms. The Morgan fingerprint density at radius 1 is 0.250 bits per heavy atom. The number of benzene rings is 5. The van der Waals surface area contributed by atoms with Crippen LogP contribution in [0.4, 0.5) is 114 Å². The summed E-state index contributed by atoms with van der Waals surface area (Å²) in [6.45, 7) is 0. The zero-order chi connectivity index (χ0) is 45.7. The molecule has 0 unspecified atom stereocenters. The second kappa shape index (κ2) is 14.9. The lowest BCUT2D eigenvalue weighted by molar-refractivity contribution is -0.0709. The normalized spacial score (nSPS) is 13.4. The third-order valence-electron chi connectivity index (χ3n) is 8.14. The van der Waals surface area contributed by atoms with Crippen LogP contribution in [0.3, 0.4) is 0 Å². The Hall–Kier alpha value is -5.98. The molecule has 5 rings (SSSR count). The molecule has 0 aliphatic carbocycles. The molecule has 5 aromatic rings. The van der Waals surface area contributed by atoms with E-state index >= 15 is 35.1 Å². The third kappa shape index (κ3) is 6.71. The van der Waals surface area contributed by atoms with E-state index in [-0.39, 0.29) is 0 Å². The lowest BCUT2D eigenvalue weighted by atomic mass is 9.87. The Kier molecular flexibility index (Phi) is 11.2. The van der Waals surface area contributed by atoms with Crippen LogP contribution in [-0.2, 0) is 0 Å². The van der Waals surface area contributed by atoms with E-state index in [1.807, 2.05) is 0 Å². The standard InChI is InChI=1S/C34H2F26/c35-13-7(14(36)22(44)29(51)21(13)43)3-1-5(11(33(55,56)57)9-17(39)25(47)31(53)26(48)18(9)40)4(8-15(37)23(45)30(52)24(46)16(8)38)2-6(3)12(34(58,59)60)10-19(41)27(49)32(54)28(50)20(10)42/h1-2H/b11-5-,12-6-. The molecule has 0 saturated heterocycles. The van der Waals surface area contributed by atoms with E-state index in [1.165, 1.54) is 0 Å². The lowest BCUT2D eigenvalue weighted by Gasteiger charge is -2.21. The van der Waals surface area contributed by atoms with Gasteiger partial charge in [0.25, 0.3) is 0 Å². The van der Waals surface area contributed by atoms with Crippen LogP contribution in [0.1, 0.15) is 11.1 Å². The van der Waals surface area contributed by atoms with Crippen molar-refractivity contribution < 1.29 is 114 Å². The van der Waals surface area contributed by atoms with Crippen LogP contribution in [0.2, 0.25) is 0 Å². The van der Waals surface area contributed by atoms with Crippen molar-refractivity contribution in [3.8, 4) is 22.3 Å². The fraction of sp³-hybridized carbons (Fsp3) is 0.0588. The van der Waals surface area contributed by atoms with Crippen molar-refractivity contribution in [2.24, 2.45) is 0 Å². The molecule has 0 spiro atoms. The van der Waals surface area contributed by atoms with Gasteiger partial charge in [-0.15, -0.1) is 0 Å². The average molecular weight is 904 g/mol. The molecular weight excluding hydrogens is 902 g/mol. The predicted molar refractivity (Wildman–Crippen MR) is 146 cm³/mol. The van der Waals surface area contributed by atoms with Crippen LogP contribution in [0.25, 0.3) is 33.4 Å². The highest BCUT2D eigenvalue weighted by Crippen LogP contribution is 2.42. The summed E-state index contributed by atoms with van der Waals surface area (Å²) in [6.07, 6.45) is -14.0. The van der Waals surface area contributed by atoms with Crippen molar-refractivity contribution in [3.05, 3.63) is 150 Å². The summed E-state index contributed by atoms with van der Waals surface area (Å²) in [5.41, 5.74) is -26.4. The van der Waals surface area contributed by atoms with Crippen LogP contribution < -0.4 is 10.4 Å². The van der Waals surface area contributed by atoms with Crippen LogP contribution >= 0.6 is 0 Å². The van der Waals surface area contributed by atoms with Gasteiger partial charge in [0, 0.05) is 0 Å². The predicted octanol–water partition coefficient (Wildman–Crippen LogP) is 11.3. The molecule has 0 nitrogen and oxygen atoms in total. The number of hydrogen-bond acceptors (Lipinski definition) is 0. The molecule has 0 fully saturated rings. The van der Waals surface area contributed by atoms with Crippen LogP contribution in [-0.4, -0.2) is 12.4 Å². The molecule has 0 bridgehead atoms. The first-order valence-electron chi connectivity index (χ1n) is 14.6. The van der Waals surface area contributed by atoms with Gasteiger partial charge in [0.2, 0.25) is 23.3 Å². The Bertz CT molecular complexity index is 2520. The first kappa shape index (κ1) is 45.1. The van der Waals surface area contributed by atoms with E-state index in [2.05, 4.69) is 0 Å². The molecule has 5 aromatic carbocycles. The summed E-state index contributed by atoms with van der Waals surface area (Å²) in [4.78, 5) is 0. The first-order chi connectivity index (χ1) is 27.4. The van der Waals surface area contributed by atoms with Crippen LogP contribution in [0.5, 0.6) is 0 Å². The number of hydrogen-bond donors (Lipinski definition) is 0. The molecule has 0 aliphatic rings. The van der Waals surface area contributed by atoms with Gasteiger partial charge in [-0.1, -0.05) is 0 Å². The summed E-state index contributed by atoms with van der Waals surface area (Å²) in [7, 11) is 0. The van der Waals surface area contributed by atoms with E-state index < -0.39 is 196 Å². The quantitative estimate of drug-likeness (QED) is 0.0958.